The van der Waals surface area contributed by atoms with Gasteiger partial charge in [0.1, 0.15) is 0 Å². The van der Waals surface area contributed by atoms with Crippen LogP contribution in [0.4, 0.5) is 0 Å². The molecule has 0 amide bonds. The number of fused-ring (bicyclic) bond motifs is 1. The fraction of sp³-hybridized carbons (Fsp3) is 0.562. The van der Waals surface area contributed by atoms with E-state index in [2.05, 4.69) is 46.7 Å². The number of benzene rings is 1. The van der Waals surface area contributed by atoms with Crippen LogP contribution in [0.15, 0.2) is 30.5 Å². The van der Waals surface area contributed by atoms with E-state index in [1.165, 1.54) is 49.4 Å². The molecule has 1 aromatic carbocycles. The van der Waals surface area contributed by atoms with E-state index in [1.807, 2.05) is 6.20 Å². The Morgan fingerprint density at radius 1 is 1.11 bits per heavy atom. The lowest BCUT2D eigenvalue weighted by Gasteiger charge is -2.31. The smallest absolute Gasteiger partial charge is 0.0682 e. The molecule has 1 aliphatic carbocycles. The van der Waals surface area contributed by atoms with E-state index < -0.39 is 0 Å². The quantitative estimate of drug-likeness (QED) is 0.652. The molecule has 1 aliphatic rings. The van der Waals surface area contributed by atoms with Gasteiger partial charge >= 0.3 is 0 Å². The van der Waals surface area contributed by atoms with E-state index in [1.54, 1.807) is 0 Å². The van der Waals surface area contributed by atoms with E-state index >= 15 is 0 Å². The van der Waals surface area contributed by atoms with E-state index in [-0.39, 0.29) is 0 Å². The Balaban J connectivity index is 1.89. The van der Waals surface area contributed by atoms with E-state index in [0.29, 0.717) is 5.41 Å². The summed E-state index contributed by atoms with van der Waals surface area (Å²) in [5, 5.41) is 5.84. The Morgan fingerprint density at radius 3 is 2.58 bits per heavy atom. The van der Waals surface area contributed by atoms with Gasteiger partial charge in [0.05, 0.1) is 11.7 Å². The van der Waals surface area contributed by atoms with Crippen molar-refractivity contribution >= 4 is 23.5 Å². The summed E-state index contributed by atoms with van der Waals surface area (Å²) in [6.45, 7) is 1.02. The second-order valence-electron chi connectivity index (χ2n) is 5.93. The monoisotopic (exact) mass is 274 g/mol. The number of nitrogens with zero attached hydrogens (tertiary/aromatic N) is 2. The first-order chi connectivity index (χ1) is 9.33. The largest absolute Gasteiger partial charge is 0.264 e. The molecule has 0 N–H and O–H groups in total. The van der Waals surface area contributed by atoms with Gasteiger partial charge in [-0.1, -0.05) is 43.9 Å². The molecule has 19 heavy (non-hydrogen) atoms. The third-order valence-electron chi connectivity index (χ3n) is 4.54. The second-order valence-corrected chi connectivity index (χ2v) is 6.25. The minimum absolute atomic E-state index is 0.342. The van der Waals surface area contributed by atoms with Crippen LogP contribution in [0, 0.1) is 5.41 Å². The van der Waals surface area contributed by atoms with Crippen LogP contribution in [-0.2, 0) is 6.54 Å². The summed E-state index contributed by atoms with van der Waals surface area (Å²) < 4.78 is 2.19. The molecular weight excluding hydrogens is 252 g/mol. The molecule has 0 atom stereocenters. The molecule has 3 heteroatoms. The molecule has 0 spiro atoms. The van der Waals surface area contributed by atoms with Crippen molar-refractivity contribution in [3.05, 3.63) is 30.5 Å². The summed E-state index contributed by atoms with van der Waals surface area (Å²) in [7, 11) is 0. The molecule has 0 saturated heterocycles. The second kappa shape index (κ2) is 5.58. The van der Waals surface area contributed by atoms with Crippen LogP contribution in [-0.4, -0.2) is 15.5 Å². The van der Waals surface area contributed by atoms with Crippen LogP contribution in [0.1, 0.15) is 38.5 Å². The molecule has 102 valence electrons. The van der Waals surface area contributed by atoms with Crippen molar-refractivity contribution in [1.82, 2.24) is 9.78 Å². The SMILES string of the molecule is SCC1(Cn2ncc3ccccc32)CCCCCC1. The number of hydrogen-bond donors (Lipinski definition) is 1. The highest BCUT2D eigenvalue weighted by Gasteiger charge is 2.30. The summed E-state index contributed by atoms with van der Waals surface area (Å²) in [6.07, 6.45) is 10.0. The fourth-order valence-corrected chi connectivity index (χ4v) is 3.73. The molecule has 0 radical (unpaired) electrons. The average molecular weight is 274 g/mol. The van der Waals surface area contributed by atoms with Crippen LogP contribution in [0.3, 0.4) is 0 Å². The molecule has 0 bridgehead atoms. The summed E-state index contributed by atoms with van der Waals surface area (Å²) in [4.78, 5) is 0. The van der Waals surface area contributed by atoms with Gasteiger partial charge in [0.2, 0.25) is 0 Å². The lowest BCUT2D eigenvalue weighted by Crippen LogP contribution is -2.29. The Morgan fingerprint density at radius 2 is 1.84 bits per heavy atom. The van der Waals surface area contributed by atoms with Crippen LogP contribution in [0.2, 0.25) is 0 Å². The first-order valence-electron chi connectivity index (χ1n) is 7.34. The van der Waals surface area contributed by atoms with E-state index in [9.17, 15) is 0 Å². The van der Waals surface area contributed by atoms with Crippen molar-refractivity contribution in [2.75, 3.05) is 5.75 Å². The van der Waals surface area contributed by atoms with Gasteiger partial charge < -0.3 is 0 Å². The Hall–Kier alpha value is -0.960. The van der Waals surface area contributed by atoms with Crippen molar-refractivity contribution in [2.24, 2.45) is 5.41 Å². The first kappa shape index (κ1) is 13.0. The van der Waals surface area contributed by atoms with Gasteiger partial charge in [-0.3, -0.25) is 4.68 Å². The van der Waals surface area contributed by atoms with Gasteiger partial charge in [0, 0.05) is 11.9 Å². The minimum Gasteiger partial charge on any atom is -0.264 e. The van der Waals surface area contributed by atoms with Crippen LogP contribution in [0.25, 0.3) is 10.9 Å². The lowest BCUT2D eigenvalue weighted by atomic mass is 9.82. The maximum atomic E-state index is 4.66. The predicted molar refractivity (Wildman–Crippen MR) is 83.7 cm³/mol. The molecule has 2 aromatic rings. The standard InChI is InChI=1S/C16H22N2S/c19-13-16(9-5-1-2-6-10-16)12-18-15-8-4-3-7-14(15)11-17-18/h3-4,7-8,11,19H,1-2,5-6,9-10,12-13H2. The molecule has 0 unspecified atom stereocenters. The van der Waals surface area contributed by atoms with E-state index in [0.717, 1.165) is 12.3 Å². The summed E-state index contributed by atoms with van der Waals surface area (Å²) in [5.41, 5.74) is 1.60. The lowest BCUT2D eigenvalue weighted by molar-refractivity contribution is 0.234. The van der Waals surface area contributed by atoms with Crippen molar-refractivity contribution in [1.29, 1.82) is 0 Å². The first-order valence-corrected chi connectivity index (χ1v) is 7.98. The molecule has 1 heterocycles. The van der Waals surface area contributed by atoms with Crippen LogP contribution >= 0.6 is 12.6 Å². The molecule has 1 aromatic heterocycles. The zero-order valence-electron chi connectivity index (χ0n) is 11.4. The summed E-state index contributed by atoms with van der Waals surface area (Å²) >= 11 is 4.66. The highest BCUT2D eigenvalue weighted by molar-refractivity contribution is 7.80. The zero-order valence-corrected chi connectivity index (χ0v) is 12.3. The van der Waals surface area contributed by atoms with Crippen LogP contribution in [0.5, 0.6) is 0 Å². The van der Waals surface area contributed by atoms with Crippen LogP contribution < -0.4 is 0 Å². The van der Waals surface area contributed by atoms with Gasteiger partial charge in [-0.25, -0.2) is 0 Å². The van der Waals surface area contributed by atoms with Crippen molar-refractivity contribution in [3.8, 4) is 0 Å². The zero-order chi connectivity index (χ0) is 13.1. The van der Waals surface area contributed by atoms with Gasteiger partial charge in [-0.15, -0.1) is 0 Å². The predicted octanol–water partition coefficient (Wildman–Crippen LogP) is 4.31. The topological polar surface area (TPSA) is 17.8 Å². The Bertz CT molecular complexity index is 538. The maximum Gasteiger partial charge on any atom is 0.0682 e. The Labute approximate surface area is 120 Å². The minimum atomic E-state index is 0.342. The number of rotatable bonds is 3. The molecule has 0 aliphatic heterocycles. The van der Waals surface area contributed by atoms with Gasteiger partial charge in [0.15, 0.2) is 0 Å². The molecule has 3 rings (SSSR count). The number of thiol groups is 1. The summed E-state index contributed by atoms with van der Waals surface area (Å²) in [5.74, 6) is 0.973. The van der Waals surface area contributed by atoms with Crippen molar-refractivity contribution in [2.45, 2.75) is 45.1 Å². The van der Waals surface area contributed by atoms with E-state index in [4.69, 9.17) is 0 Å². The highest BCUT2D eigenvalue weighted by atomic mass is 32.1. The fourth-order valence-electron chi connectivity index (χ4n) is 3.31. The number of aromatic nitrogens is 2. The molecule has 1 fully saturated rings. The van der Waals surface area contributed by atoms with Gasteiger partial charge in [0.25, 0.3) is 0 Å². The summed E-state index contributed by atoms with van der Waals surface area (Å²) in [6, 6.07) is 8.49. The van der Waals surface area contributed by atoms with Crippen molar-refractivity contribution < 1.29 is 0 Å². The number of para-hydroxylation sites is 1. The average Bonchev–Trinajstić information content (AvgIpc) is 2.70. The highest BCUT2D eigenvalue weighted by Crippen LogP contribution is 2.38. The maximum absolute atomic E-state index is 4.66. The molecule has 2 nitrogen and oxygen atoms in total. The molecule has 1 saturated carbocycles. The Kier molecular flexibility index (Phi) is 3.83. The number of hydrogen-bond acceptors (Lipinski definition) is 2. The van der Waals surface area contributed by atoms with Crippen molar-refractivity contribution in [3.63, 3.8) is 0 Å². The van der Waals surface area contributed by atoms with Gasteiger partial charge in [-0.05, 0) is 30.1 Å². The normalized spacial score (nSPS) is 19.4. The third kappa shape index (κ3) is 2.66. The molecular formula is C16H22N2S. The van der Waals surface area contributed by atoms with Gasteiger partial charge in [-0.2, -0.15) is 17.7 Å². The third-order valence-corrected chi connectivity index (χ3v) is 5.21.